The van der Waals surface area contributed by atoms with Crippen LogP contribution in [-0.2, 0) is 10.0 Å². The third-order valence-electron chi connectivity index (χ3n) is 1.11. The molecular weight excluding hydrogens is 164 g/mol. The molecule has 0 aliphatic rings. The van der Waals surface area contributed by atoms with Gasteiger partial charge in [-0.1, -0.05) is 0 Å². The molecule has 11 heavy (non-hydrogen) atoms. The van der Waals surface area contributed by atoms with Crippen LogP contribution in [0.25, 0.3) is 0 Å². The van der Waals surface area contributed by atoms with E-state index in [9.17, 15) is 8.42 Å². The zero-order valence-corrected chi connectivity index (χ0v) is 8.27. The van der Waals surface area contributed by atoms with Crippen LogP contribution in [0.15, 0.2) is 0 Å². The summed E-state index contributed by atoms with van der Waals surface area (Å²) in [5.41, 5.74) is 4.89. The fraction of sp³-hybridized carbons (Fsp3) is 1.00. The van der Waals surface area contributed by atoms with Gasteiger partial charge in [-0.05, 0) is 13.8 Å². The Kier molecular flexibility index (Phi) is 3.05. The maximum absolute atomic E-state index is 11.2. The quantitative estimate of drug-likeness (QED) is 0.643. The van der Waals surface area contributed by atoms with Gasteiger partial charge in [0.2, 0.25) is 10.0 Å². The molecule has 0 heterocycles. The van der Waals surface area contributed by atoms with E-state index in [-0.39, 0.29) is 5.75 Å². The smallest absolute Gasteiger partial charge is 0.215 e. The largest absolute Gasteiger partial charge is 0.325 e. The summed E-state index contributed by atoms with van der Waals surface area (Å²) in [4.78, 5) is 0. The van der Waals surface area contributed by atoms with E-state index in [1.165, 1.54) is 18.4 Å². The van der Waals surface area contributed by atoms with Crippen molar-refractivity contribution in [3.63, 3.8) is 0 Å². The van der Waals surface area contributed by atoms with Gasteiger partial charge in [-0.25, -0.2) is 12.7 Å². The second-order valence-corrected chi connectivity index (χ2v) is 5.71. The molecule has 0 aromatic heterocycles. The van der Waals surface area contributed by atoms with Crippen LogP contribution in [-0.4, -0.2) is 38.1 Å². The van der Waals surface area contributed by atoms with Crippen molar-refractivity contribution in [3.8, 4) is 0 Å². The van der Waals surface area contributed by atoms with Crippen molar-refractivity contribution in [3.05, 3.63) is 0 Å². The Morgan fingerprint density at radius 1 is 1.36 bits per heavy atom. The number of rotatable bonds is 3. The minimum absolute atomic E-state index is 0.0208. The highest BCUT2D eigenvalue weighted by Gasteiger charge is 2.23. The summed E-state index contributed by atoms with van der Waals surface area (Å²) >= 11 is 0. The molecule has 0 atom stereocenters. The molecule has 4 nitrogen and oxygen atoms in total. The minimum Gasteiger partial charge on any atom is -0.325 e. The first-order valence-corrected chi connectivity index (χ1v) is 4.95. The molecule has 0 spiro atoms. The van der Waals surface area contributed by atoms with Crippen molar-refractivity contribution in [1.29, 1.82) is 0 Å². The second-order valence-electron chi connectivity index (χ2n) is 3.53. The van der Waals surface area contributed by atoms with Crippen molar-refractivity contribution in [1.82, 2.24) is 4.31 Å². The number of nitrogens with zero attached hydrogens (tertiary/aromatic N) is 1. The molecule has 0 aromatic carbocycles. The standard InChI is InChI=1S/C6H16N2O2S/c1-6(2,7)5-11(9,10)8(3)4/h5,7H2,1-4H3. The molecule has 0 aliphatic heterocycles. The van der Waals surface area contributed by atoms with Crippen LogP contribution in [0, 0.1) is 0 Å². The molecule has 0 radical (unpaired) electrons. The SMILES string of the molecule is CN(C)S(=O)(=O)CC(C)(C)N. The molecule has 0 unspecified atom stereocenters. The molecular formula is C6H16N2O2S. The maximum Gasteiger partial charge on any atom is 0.215 e. The first-order chi connectivity index (χ1) is 4.65. The molecule has 0 fully saturated rings. The van der Waals surface area contributed by atoms with E-state index >= 15 is 0 Å². The first kappa shape index (κ1) is 10.9. The summed E-state index contributed by atoms with van der Waals surface area (Å²) in [6.45, 7) is 3.38. The zero-order valence-electron chi connectivity index (χ0n) is 7.46. The van der Waals surface area contributed by atoms with Gasteiger partial charge in [-0.15, -0.1) is 0 Å². The van der Waals surface area contributed by atoms with Crippen molar-refractivity contribution in [2.75, 3.05) is 19.8 Å². The fourth-order valence-corrected chi connectivity index (χ4v) is 1.80. The van der Waals surface area contributed by atoms with Gasteiger partial charge in [-0.3, -0.25) is 0 Å². The van der Waals surface area contributed by atoms with Crippen LogP contribution in [0.1, 0.15) is 13.8 Å². The average molecular weight is 180 g/mol. The Hall–Kier alpha value is -0.130. The number of sulfonamides is 1. The lowest BCUT2D eigenvalue weighted by molar-refractivity contribution is 0.492. The van der Waals surface area contributed by atoms with Gasteiger partial charge in [0.25, 0.3) is 0 Å². The van der Waals surface area contributed by atoms with Gasteiger partial charge in [0.05, 0.1) is 5.75 Å². The molecule has 0 aromatic rings. The maximum atomic E-state index is 11.2. The number of hydrogen-bond donors (Lipinski definition) is 1. The Bertz CT molecular complexity index is 213. The Morgan fingerprint density at radius 3 is 1.82 bits per heavy atom. The molecule has 68 valence electrons. The highest BCUT2D eigenvalue weighted by Crippen LogP contribution is 2.04. The van der Waals surface area contributed by atoms with Crippen LogP contribution >= 0.6 is 0 Å². The van der Waals surface area contributed by atoms with E-state index in [0.717, 1.165) is 0 Å². The molecule has 2 N–H and O–H groups in total. The fourth-order valence-electron chi connectivity index (χ4n) is 0.599. The lowest BCUT2D eigenvalue weighted by atomic mass is 10.1. The Labute approximate surface area is 68.4 Å². The molecule has 0 saturated heterocycles. The normalized spacial score (nSPS) is 14.0. The van der Waals surface area contributed by atoms with E-state index in [1.807, 2.05) is 0 Å². The summed E-state index contributed by atoms with van der Waals surface area (Å²) in [5, 5.41) is 0. The van der Waals surface area contributed by atoms with Crippen LogP contribution in [0.3, 0.4) is 0 Å². The summed E-state index contributed by atoms with van der Waals surface area (Å²) in [6.07, 6.45) is 0. The molecule has 5 heteroatoms. The van der Waals surface area contributed by atoms with E-state index in [1.54, 1.807) is 13.8 Å². The summed E-state index contributed by atoms with van der Waals surface area (Å²) < 4.78 is 23.6. The highest BCUT2D eigenvalue weighted by atomic mass is 32.2. The Balaban J connectivity index is 4.40. The van der Waals surface area contributed by atoms with Crippen LogP contribution in [0.5, 0.6) is 0 Å². The van der Waals surface area contributed by atoms with Gasteiger partial charge in [0.1, 0.15) is 0 Å². The van der Waals surface area contributed by atoms with Gasteiger partial charge < -0.3 is 5.73 Å². The van der Waals surface area contributed by atoms with Crippen LogP contribution < -0.4 is 5.73 Å². The predicted molar refractivity (Wildman–Crippen MR) is 45.7 cm³/mol. The van der Waals surface area contributed by atoms with Gasteiger partial charge in [0, 0.05) is 19.6 Å². The average Bonchev–Trinajstić information content (AvgIpc) is 1.56. The second kappa shape index (κ2) is 3.08. The van der Waals surface area contributed by atoms with Crippen molar-refractivity contribution in [2.24, 2.45) is 5.73 Å². The Morgan fingerprint density at radius 2 is 1.73 bits per heavy atom. The summed E-state index contributed by atoms with van der Waals surface area (Å²) in [5.74, 6) is -0.0208. The van der Waals surface area contributed by atoms with E-state index in [4.69, 9.17) is 5.73 Å². The summed E-state index contributed by atoms with van der Waals surface area (Å²) in [6, 6.07) is 0. The first-order valence-electron chi connectivity index (χ1n) is 3.34. The number of hydrogen-bond acceptors (Lipinski definition) is 3. The van der Waals surface area contributed by atoms with E-state index in [2.05, 4.69) is 0 Å². The monoisotopic (exact) mass is 180 g/mol. The van der Waals surface area contributed by atoms with Crippen molar-refractivity contribution >= 4 is 10.0 Å². The molecule has 0 rings (SSSR count). The third kappa shape index (κ3) is 4.34. The van der Waals surface area contributed by atoms with Gasteiger partial charge >= 0.3 is 0 Å². The van der Waals surface area contributed by atoms with Crippen LogP contribution in [0.4, 0.5) is 0 Å². The lowest BCUT2D eigenvalue weighted by Gasteiger charge is -2.20. The third-order valence-corrected chi connectivity index (χ3v) is 3.33. The van der Waals surface area contributed by atoms with E-state index in [0.29, 0.717) is 0 Å². The number of nitrogens with two attached hydrogens (primary N) is 1. The summed E-state index contributed by atoms with van der Waals surface area (Å²) in [7, 11) is -0.145. The topological polar surface area (TPSA) is 63.4 Å². The zero-order chi connectivity index (χ0) is 9.28. The minimum atomic E-state index is -3.15. The van der Waals surface area contributed by atoms with Gasteiger partial charge in [0.15, 0.2) is 0 Å². The molecule has 0 aliphatic carbocycles. The van der Waals surface area contributed by atoms with E-state index < -0.39 is 15.6 Å². The lowest BCUT2D eigenvalue weighted by Crippen LogP contribution is -2.43. The molecule has 0 amide bonds. The van der Waals surface area contributed by atoms with Crippen LogP contribution in [0.2, 0.25) is 0 Å². The predicted octanol–water partition coefficient (Wildman–Crippen LogP) is -0.385. The molecule has 0 saturated carbocycles. The molecule has 0 bridgehead atoms. The van der Waals surface area contributed by atoms with Crippen molar-refractivity contribution < 1.29 is 8.42 Å². The highest BCUT2D eigenvalue weighted by molar-refractivity contribution is 7.89. The van der Waals surface area contributed by atoms with Crippen molar-refractivity contribution in [2.45, 2.75) is 19.4 Å². The van der Waals surface area contributed by atoms with Gasteiger partial charge in [-0.2, -0.15) is 0 Å².